The van der Waals surface area contributed by atoms with Gasteiger partial charge in [-0.1, -0.05) is 50.3 Å². The number of pyridine rings is 1. The maximum absolute atomic E-state index is 4.41. The van der Waals surface area contributed by atoms with Crippen molar-refractivity contribution in [2.45, 2.75) is 40.0 Å². The third-order valence-electron chi connectivity index (χ3n) is 5.52. The van der Waals surface area contributed by atoms with E-state index >= 15 is 0 Å². The van der Waals surface area contributed by atoms with Crippen molar-refractivity contribution in [3.05, 3.63) is 83.8 Å². The third kappa shape index (κ3) is 3.70. The topological polar surface area (TPSA) is 43.6 Å². The first-order valence-corrected chi connectivity index (χ1v) is 10.3. The quantitative estimate of drug-likeness (QED) is 0.431. The molecule has 0 atom stereocenters. The Balaban J connectivity index is 1.74. The van der Waals surface area contributed by atoms with Crippen LogP contribution in [0.15, 0.2) is 67.1 Å². The molecule has 2 aromatic carbocycles. The molecule has 0 aliphatic rings. The van der Waals surface area contributed by atoms with Gasteiger partial charge < -0.3 is 0 Å². The normalized spacial score (nSPS) is 11.0. The lowest BCUT2D eigenvalue weighted by Crippen LogP contribution is -2.05. The molecule has 4 rings (SSSR count). The molecular formula is C25H26N4. The second kappa shape index (κ2) is 8.39. The van der Waals surface area contributed by atoms with Crippen LogP contribution in [0.4, 0.5) is 0 Å². The van der Waals surface area contributed by atoms with E-state index in [-0.39, 0.29) is 0 Å². The summed E-state index contributed by atoms with van der Waals surface area (Å²) in [6.45, 7) is 6.67. The molecule has 4 aromatic rings. The molecule has 0 unspecified atom stereocenters. The van der Waals surface area contributed by atoms with E-state index in [1.165, 1.54) is 22.3 Å². The van der Waals surface area contributed by atoms with Crippen LogP contribution in [-0.4, -0.2) is 20.0 Å². The molecule has 2 heterocycles. The first-order chi connectivity index (χ1) is 14.2. The molecule has 0 saturated carbocycles. The van der Waals surface area contributed by atoms with Gasteiger partial charge in [0.05, 0.1) is 17.6 Å². The van der Waals surface area contributed by atoms with Gasteiger partial charge in [-0.25, -0.2) is 4.68 Å². The summed E-state index contributed by atoms with van der Waals surface area (Å²) in [4.78, 5) is 4.09. The lowest BCUT2D eigenvalue weighted by atomic mass is 9.94. The van der Waals surface area contributed by atoms with Crippen molar-refractivity contribution in [3.63, 3.8) is 0 Å². The molecule has 0 spiro atoms. The van der Waals surface area contributed by atoms with Crippen LogP contribution < -0.4 is 0 Å². The number of aryl methyl sites for hydroxylation is 2. The zero-order valence-corrected chi connectivity index (χ0v) is 17.3. The fourth-order valence-corrected chi connectivity index (χ4v) is 3.99. The number of rotatable bonds is 6. The van der Waals surface area contributed by atoms with Crippen molar-refractivity contribution in [3.8, 4) is 28.1 Å². The molecule has 4 heteroatoms. The molecule has 0 amide bonds. The molecule has 0 aliphatic heterocycles. The smallest absolute Gasteiger partial charge is 0.0944 e. The van der Waals surface area contributed by atoms with Crippen LogP contribution in [-0.2, 0) is 19.3 Å². The Kier molecular flexibility index (Phi) is 5.52. The summed E-state index contributed by atoms with van der Waals surface area (Å²) < 4.78 is 1.96. The minimum absolute atomic E-state index is 1.000. The van der Waals surface area contributed by atoms with Gasteiger partial charge in [0.15, 0.2) is 0 Å². The zero-order chi connectivity index (χ0) is 20.2. The molecule has 0 fully saturated rings. The van der Waals surface area contributed by atoms with Gasteiger partial charge >= 0.3 is 0 Å². The standard InChI is InChI=1S/C25H26N4/c1-4-18-15-23(16-19(5-2)24(18)6-3)29-25(17-27-28-29)22-9-7-20(8-10-22)21-11-13-26-14-12-21/h7-17H,4-6H2,1-3H3. The van der Waals surface area contributed by atoms with Gasteiger partial charge in [0, 0.05) is 18.0 Å². The van der Waals surface area contributed by atoms with Gasteiger partial charge in [-0.05, 0) is 71.3 Å². The highest BCUT2D eigenvalue weighted by Crippen LogP contribution is 2.28. The van der Waals surface area contributed by atoms with Gasteiger partial charge in [0.1, 0.15) is 0 Å². The van der Waals surface area contributed by atoms with E-state index in [1.54, 1.807) is 0 Å². The molecule has 0 bridgehead atoms. The molecule has 0 aliphatic carbocycles. The second-order valence-corrected chi connectivity index (χ2v) is 7.15. The molecule has 0 N–H and O–H groups in total. The van der Waals surface area contributed by atoms with E-state index in [9.17, 15) is 0 Å². The molecule has 146 valence electrons. The van der Waals surface area contributed by atoms with Gasteiger partial charge in [0.25, 0.3) is 0 Å². The van der Waals surface area contributed by atoms with Crippen LogP contribution >= 0.6 is 0 Å². The molecule has 2 aromatic heterocycles. The number of hydrogen-bond acceptors (Lipinski definition) is 3. The molecule has 29 heavy (non-hydrogen) atoms. The van der Waals surface area contributed by atoms with E-state index < -0.39 is 0 Å². The monoisotopic (exact) mass is 382 g/mol. The van der Waals surface area contributed by atoms with Crippen LogP contribution in [0.25, 0.3) is 28.1 Å². The highest BCUT2D eigenvalue weighted by Gasteiger charge is 2.13. The van der Waals surface area contributed by atoms with Crippen molar-refractivity contribution in [2.75, 3.05) is 0 Å². The van der Waals surface area contributed by atoms with Gasteiger partial charge in [-0.2, -0.15) is 0 Å². The van der Waals surface area contributed by atoms with E-state index in [1.807, 2.05) is 35.4 Å². The Bertz CT molecular complexity index is 1070. The van der Waals surface area contributed by atoms with Gasteiger partial charge in [-0.3, -0.25) is 4.98 Å². The van der Waals surface area contributed by atoms with Crippen LogP contribution in [0.2, 0.25) is 0 Å². The number of benzene rings is 2. The first-order valence-electron chi connectivity index (χ1n) is 10.3. The highest BCUT2D eigenvalue weighted by molar-refractivity contribution is 5.69. The maximum Gasteiger partial charge on any atom is 0.0944 e. The highest BCUT2D eigenvalue weighted by atomic mass is 15.4. The number of hydrogen-bond donors (Lipinski definition) is 0. The van der Waals surface area contributed by atoms with E-state index in [0.717, 1.165) is 41.8 Å². The second-order valence-electron chi connectivity index (χ2n) is 7.15. The summed E-state index contributed by atoms with van der Waals surface area (Å²) in [7, 11) is 0. The Morgan fingerprint density at radius 1 is 0.724 bits per heavy atom. The van der Waals surface area contributed by atoms with Crippen LogP contribution in [0.5, 0.6) is 0 Å². The molecule has 0 saturated heterocycles. The van der Waals surface area contributed by atoms with Crippen molar-refractivity contribution in [2.24, 2.45) is 0 Å². The first kappa shape index (κ1) is 19.1. The Hall–Kier alpha value is -3.27. The van der Waals surface area contributed by atoms with Crippen LogP contribution in [0, 0.1) is 0 Å². The van der Waals surface area contributed by atoms with E-state index in [2.05, 4.69) is 72.5 Å². The molecule has 0 radical (unpaired) electrons. The van der Waals surface area contributed by atoms with Crippen LogP contribution in [0.3, 0.4) is 0 Å². The van der Waals surface area contributed by atoms with E-state index in [4.69, 9.17) is 0 Å². The summed E-state index contributed by atoms with van der Waals surface area (Å²) >= 11 is 0. The zero-order valence-electron chi connectivity index (χ0n) is 17.3. The third-order valence-corrected chi connectivity index (χ3v) is 5.52. The minimum Gasteiger partial charge on any atom is -0.265 e. The average molecular weight is 383 g/mol. The SMILES string of the molecule is CCc1cc(-n2nncc2-c2ccc(-c3ccncc3)cc2)cc(CC)c1CC. The largest absolute Gasteiger partial charge is 0.265 e. The van der Waals surface area contributed by atoms with Crippen LogP contribution in [0.1, 0.15) is 37.5 Å². The maximum atomic E-state index is 4.41. The van der Waals surface area contributed by atoms with Crippen molar-refractivity contribution < 1.29 is 0 Å². The summed E-state index contributed by atoms with van der Waals surface area (Å²) in [6, 6.07) is 17.1. The van der Waals surface area contributed by atoms with Crippen molar-refractivity contribution in [1.29, 1.82) is 0 Å². The summed E-state index contributed by atoms with van der Waals surface area (Å²) in [5.41, 5.74) is 9.79. The van der Waals surface area contributed by atoms with Crippen molar-refractivity contribution >= 4 is 0 Å². The van der Waals surface area contributed by atoms with Gasteiger partial charge in [0.2, 0.25) is 0 Å². The predicted octanol–water partition coefficient (Wildman–Crippen LogP) is 5.68. The van der Waals surface area contributed by atoms with Gasteiger partial charge in [-0.15, -0.1) is 5.10 Å². The fraction of sp³-hybridized carbons (Fsp3) is 0.240. The summed E-state index contributed by atoms with van der Waals surface area (Å²) in [5, 5.41) is 8.62. The lowest BCUT2D eigenvalue weighted by Gasteiger charge is -2.15. The minimum atomic E-state index is 1.000. The lowest BCUT2D eigenvalue weighted by molar-refractivity contribution is 0.802. The molecule has 4 nitrogen and oxygen atoms in total. The Morgan fingerprint density at radius 3 is 1.90 bits per heavy atom. The predicted molar refractivity (Wildman–Crippen MR) is 118 cm³/mol. The Morgan fingerprint density at radius 2 is 1.31 bits per heavy atom. The van der Waals surface area contributed by atoms with Crippen molar-refractivity contribution in [1.82, 2.24) is 20.0 Å². The average Bonchev–Trinajstić information content (AvgIpc) is 3.28. The summed E-state index contributed by atoms with van der Waals surface area (Å²) in [5.74, 6) is 0. The number of nitrogens with zero attached hydrogens (tertiary/aromatic N) is 4. The molecular weight excluding hydrogens is 356 g/mol. The number of aromatic nitrogens is 4. The Labute approximate surface area is 172 Å². The van der Waals surface area contributed by atoms with E-state index in [0.29, 0.717) is 0 Å². The summed E-state index contributed by atoms with van der Waals surface area (Å²) in [6.07, 6.45) is 8.58. The fourth-order valence-electron chi connectivity index (χ4n) is 3.99.